The number of halogens is 1. The van der Waals surface area contributed by atoms with E-state index < -0.39 is 6.10 Å². The Labute approximate surface area is 104 Å². The van der Waals surface area contributed by atoms with Crippen molar-refractivity contribution in [2.24, 2.45) is 0 Å². The molecule has 4 heteroatoms. The second kappa shape index (κ2) is 4.65. The highest BCUT2D eigenvalue weighted by atomic mass is 35.5. The number of hydrogen-bond acceptors (Lipinski definition) is 3. The monoisotopic (exact) mass is 249 g/mol. The summed E-state index contributed by atoms with van der Waals surface area (Å²) in [6, 6.07) is 11.5. The molecule has 0 radical (unpaired) electrons. The van der Waals surface area contributed by atoms with Crippen molar-refractivity contribution in [3.8, 4) is 5.75 Å². The van der Waals surface area contributed by atoms with Gasteiger partial charge in [0.25, 0.3) is 0 Å². The Morgan fingerprint density at radius 2 is 1.76 bits per heavy atom. The summed E-state index contributed by atoms with van der Waals surface area (Å²) in [4.78, 5) is 0. The molecule has 0 aliphatic rings. The van der Waals surface area contributed by atoms with E-state index >= 15 is 0 Å². The Kier molecular flexibility index (Phi) is 3.22. The lowest BCUT2D eigenvalue weighted by atomic mass is 10.00. The number of nitrogen functional groups attached to an aromatic ring is 1. The molecule has 3 nitrogen and oxygen atoms in total. The van der Waals surface area contributed by atoms with Crippen molar-refractivity contribution in [3.63, 3.8) is 0 Å². The van der Waals surface area contributed by atoms with Gasteiger partial charge in [-0.05, 0) is 12.1 Å². The number of aromatic hydroxyl groups is 1. The maximum Gasteiger partial charge on any atom is 0.117 e. The SMILES string of the molecule is Nc1cc(O)ccc1C(O)c1ccccc1Cl. The molecule has 17 heavy (non-hydrogen) atoms. The fourth-order valence-corrected chi connectivity index (χ4v) is 1.91. The van der Waals surface area contributed by atoms with E-state index in [9.17, 15) is 10.2 Å². The lowest BCUT2D eigenvalue weighted by Crippen LogP contribution is -2.04. The number of hydrogen-bond donors (Lipinski definition) is 3. The number of phenols is 1. The van der Waals surface area contributed by atoms with Crippen LogP contribution in [0.25, 0.3) is 0 Å². The molecule has 0 saturated heterocycles. The normalized spacial score (nSPS) is 12.4. The lowest BCUT2D eigenvalue weighted by molar-refractivity contribution is 0.221. The summed E-state index contributed by atoms with van der Waals surface area (Å²) < 4.78 is 0. The molecule has 2 rings (SSSR count). The van der Waals surface area contributed by atoms with Crippen molar-refractivity contribution < 1.29 is 10.2 Å². The predicted octanol–water partition coefficient (Wildman–Crippen LogP) is 2.71. The predicted molar refractivity (Wildman–Crippen MR) is 68.0 cm³/mol. The van der Waals surface area contributed by atoms with Crippen molar-refractivity contribution in [3.05, 3.63) is 58.6 Å². The maximum atomic E-state index is 10.2. The zero-order chi connectivity index (χ0) is 12.4. The van der Waals surface area contributed by atoms with Crippen molar-refractivity contribution in [1.29, 1.82) is 0 Å². The van der Waals surface area contributed by atoms with Crippen LogP contribution in [0.4, 0.5) is 5.69 Å². The molecule has 0 bridgehead atoms. The first-order chi connectivity index (χ1) is 8.09. The van der Waals surface area contributed by atoms with Crippen LogP contribution in [0, 0.1) is 0 Å². The summed E-state index contributed by atoms with van der Waals surface area (Å²) >= 11 is 6.00. The van der Waals surface area contributed by atoms with E-state index in [0.717, 1.165) is 0 Å². The van der Waals surface area contributed by atoms with E-state index in [2.05, 4.69) is 0 Å². The van der Waals surface area contributed by atoms with Crippen LogP contribution in [0.2, 0.25) is 5.02 Å². The van der Waals surface area contributed by atoms with E-state index in [1.807, 2.05) is 0 Å². The van der Waals surface area contributed by atoms with Gasteiger partial charge in [0.1, 0.15) is 11.9 Å². The molecule has 0 aliphatic heterocycles. The molecule has 1 atom stereocenters. The zero-order valence-corrected chi connectivity index (χ0v) is 9.72. The number of aliphatic hydroxyl groups excluding tert-OH is 1. The molecule has 1 unspecified atom stereocenters. The molecule has 88 valence electrons. The Hall–Kier alpha value is -1.71. The van der Waals surface area contributed by atoms with Gasteiger partial charge in [-0.15, -0.1) is 0 Å². The van der Waals surface area contributed by atoms with E-state index in [0.29, 0.717) is 21.8 Å². The van der Waals surface area contributed by atoms with Gasteiger partial charge in [-0.1, -0.05) is 35.9 Å². The Bertz CT molecular complexity index is 543. The minimum Gasteiger partial charge on any atom is -0.508 e. The molecular weight excluding hydrogens is 238 g/mol. The van der Waals surface area contributed by atoms with Gasteiger partial charge in [-0.3, -0.25) is 0 Å². The molecule has 0 spiro atoms. The van der Waals surface area contributed by atoms with Crippen LogP contribution in [0.1, 0.15) is 17.2 Å². The average Bonchev–Trinajstić information content (AvgIpc) is 2.29. The molecule has 4 N–H and O–H groups in total. The summed E-state index contributed by atoms with van der Waals surface area (Å²) in [6.07, 6.45) is -0.899. The number of phenolic OH excluding ortho intramolecular Hbond substituents is 1. The third-order valence-corrected chi connectivity index (χ3v) is 2.91. The van der Waals surface area contributed by atoms with Crippen LogP contribution in [0.3, 0.4) is 0 Å². The third kappa shape index (κ3) is 2.35. The summed E-state index contributed by atoms with van der Waals surface area (Å²) in [6.45, 7) is 0. The minimum absolute atomic E-state index is 0.0672. The first-order valence-corrected chi connectivity index (χ1v) is 5.48. The highest BCUT2D eigenvalue weighted by Gasteiger charge is 2.16. The number of benzene rings is 2. The van der Waals surface area contributed by atoms with Crippen molar-refractivity contribution in [1.82, 2.24) is 0 Å². The standard InChI is InChI=1S/C13H12ClNO2/c14-11-4-2-1-3-9(11)13(17)10-6-5-8(16)7-12(10)15/h1-7,13,16-17H,15H2. The second-order valence-corrected chi connectivity index (χ2v) is 4.14. The smallest absolute Gasteiger partial charge is 0.117 e. The van der Waals surface area contributed by atoms with Crippen molar-refractivity contribution in [2.45, 2.75) is 6.10 Å². The van der Waals surface area contributed by atoms with Crippen LogP contribution in [0.5, 0.6) is 5.75 Å². The molecule has 2 aromatic carbocycles. The van der Waals surface area contributed by atoms with Gasteiger partial charge in [0, 0.05) is 27.9 Å². The first kappa shape index (κ1) is 11.8. The Balaban J connectivity index is 2.44. The highest BCUT2D eigenvalue weighted by Crippen LogP contribution is 2.32. The molecule has 0 amide bonds. The van der Waals surface area contributed by atoms with Gasteiger partial charge < -0.3 is 15.9 Å². The zero-order valence-electron chi connectivity index (χ0n) is 8.97. The largest absolute Gasteiger partial charge is 0.508 e. The second-order valence-electron chi connectivity index (χ2n) is 3.74. The molecule has 2 aromatic rings. The fourth-order valence-electron chi connectivity index (χ4n) is 1.68. The first-order valence-electron chi connectivity index (χ1n) is 5.10. The molecule has 0 heterocycles. The van der Waals surface area contributed by atoms with Gasteiger partial charge >= 0.3 is 0 Å². The Morgan fingerprint density at radius 3 is 2.41 bits per heavy atom. The third-order valence-electron chi connectivity index (χ3n) is 2.56. The van der Waals surface area contributed by atoms with Gasteiger partial charge in [0.15, 0.2) is 0 Å². The van der Waals surface area contributed by atoms with Gasteiger partial charge in [0.05, 0.1) is 0 Å². The van der Waals surface area contributed by atoms with Crippen molar-refractivity contribution >= 4 is 17.3 Å². The van der Waals surface area contributed by atoms with E-state index in [1.165, 1.54) is 12.1 Å². The number of nitrogens with two attached hydrogens (primary N) is 1. The van der Waals surface area contributed by atoms with E-state index in [-0.39, 0.29) is 5.75 Å². The van der Waals surface area contributed by atoms with Gasteiger partial charge in [-0.2, -0.15) is 0 Å². The Morgan fingerprint density at radius 1 is 1.06 bits per heavy atom. The topological polar surface area (TPSA) is 66.5 Å². The van der Waals surface area contributed by atoms with E-state index in [1.54, 1.807) is 30.3 Å². The highest BCUT2D eigenvalue weighted by molar-refractivity contribution is 6.31. The summed E-state index contributed by atoms with van der Waals surface area (Å²) in [5, 5.41) is 19.9. The van der Waals surface area contributed by atoms with Crippen LogP contribution < -0.4 is 5.73 Å². The maximum absolute atomic E-state index is 10.2. The molecule has 0 saturated carbocycles. The van der Waals surface area contributed by atoms with Gasteiger partial charge in [0.2, 0.25) is 0 Å². The molecule has 0 fully saturated rings. The van der Waals surface area contributed by atoms with Gasteiger partial charge in [-0.25, -0.2) is 0 Å². The molecule has 0 aliphatic carbocycles. The number of anilines is 1. The summed E-state index contributed by atoms with van der Waals surface area (Å²) in [5.74, 6) is 0.0672. The van der Waals surface area contributed by atoms with Crippen LogP contribution >= 0.6 is 11.6 Å². The van der Waals surface area contributed by atoms with E-state index in [4.69, 9.17) is 17.3 Å². The number of rotatable bonds is 2. The van der Waals surface area contributed by atoms with Crippen LogP contribution in [0.15, 0.2) is 42.5 Å². The lowest BCUT2D eigenvalue weighted by Gasteiger charge is -2.15. The fraction of sp³-hybridized carbons (Fsp3) is 0.0769. The van der Waals surface area contributed by atoms with Crippen molar-refractivity contribution in [2.75, 3.05) is 5.73 Å². The average molecular weight is 250 g/mol. The molecular formula is C13H12ClNO2. The summed E-state index contributed by atoms with van der Waals surface area (Å²) in [5.41, 5.74) is 7.19. The van der Waals surface area contributed by atoms with Crippen LogP contribution in [-0.2, 0) is 0 Å². The summed E-state index contributed by atoms with van der Waals surface area (Å²) in [7, 11) is 0. The quantitative estimate of drug-likeness (QED) is 0.717. The minimum atomic E-state index is -0.899. The number of aliphatic hydroxyl groups is 1. The molecule has 0 aromatic heterocycles. The van der Waals surface area contributed by atoms with Crippen LogP contribution in [-0.4, -0.2) is 10.2 Å².